The van der Waals surface area contributed by atoms with E-state index in [0.29, 0.717) is 29.2 Å². The summed E-state index contributed by atoms with van der Waals surface area (Å²) in [4.78, 5) is 27.4. The number of hydrogen-bond donors (Lipinski definition) is 1. The molecule has 0 fully saturated rings. The Balaban J connectivity index is 2.24. The second kappa shape index (κ2) is 11.9. The Labute approximate surface area is 188 Å². The fourth-order valence-electron chi connectivity index (χ4n) is 3.18. The van der Waals surface area contributed by atoms with Crippen molar-refractivity contribution in [2.75, 3.05) is 20.8 Å². The van der Waals surface area contributed by atoms with Crippen LogP contribution in [0, 0.1) is 5.82 Å². The maximum atomic E-state index is 13.3. The normalized spacial score (nSPS) is 11.6. The molecule has 2 aromatic carbocycles. The standard InChI is InChI=1S/C24H31FN2O5/c1-6-22(24(29)26-16(2)3)27(14-17-7-9-18(25)10-8-17)23(28)15-32-21-12-19(30-4)11-20(13-21)31-5/h7-13,16,22H,6,14-15H2,1-5H3,(H,26,29)/t22-/m0/s1. The molecule has 1 N–H and O–H groups in total. The highest BCUT2D eigenvalue weighted by molar-refractivity contribution is 5.88. The number of halogens is 1. The highest BCUT2D eigenvalue weighted by atomic mass is 19.1. The lowest BCUT2D eigenvalue weighted by molar-refractivity contribution is -0.143. The first kappa shape index (κ1) is 25.0. The van der Waals surface area contributed by atoms with Gasteiger partial charge >= 0.3 is 0 Å². The van der Waals surface area contributed by atoms with Gasteiger partial charge in [0.1, 0.15) is 29.1 Å². The Kier molecular flexibility index (Phi) is 9.31. The van der Waals surface area contributed by atoms with Gasteiger partial charge in [0.05, 0.1) is 14.2 Å². The van der Waals surface area contributed by atoms with Gasteiger partial charge in [0.25, 0.3) is 5.91 Å². The van der Waals surface area contributed by atoms with E-state index in [2.05, 4.69) is 5.32 Å². The Morgan fingerprint density at radius 3 is 2.06 bits per heavy atom. The van der Waals surface area contributed by atoms with E-state index >= 15 is 0 Å². The number of carbonyl (C=O) groups is 2. The van der Waals surface area contributed by atoms with Gasteiger partial charge in [-0.05, 0) is 38.0 Å². The first-order valence-corrected chi connectivity index (χ1v) is 10.5. The van der Waals surface area contributed by atoms with E-state index in [-0.39, 0.29) is 36.8 Å². The van der Waals surface area contributed by atoms with E-state index in [9.17, 15) is 14.0 Å². The van der Waals surface area contributed by atoms with Gasteiger partial charge in [-0.2, -0.15) is 0 Å². The average Bonchev–Trinajstić information content (AvgIpc) is 2.77. The Morgan fingerprint density at radius 1 is 1.00 bits per heavy atom. The smallest absolute Gasteiger partial charge is 0.261 e. The van der Waals surface area contributed by atoms with Crippen molar-refractivity contribution in [1.82, 2.24) is 10.2 Å². The maximum Gasteiger partial charge on any atom is 0.261 e. The summed E-state index contributed by atoms with van der Waals surface area (Å²) >= 11 is 0. The molecule has 0 heterocycles. The third-order valence-corrected chi connectivity index (χ3v) is 4.77. The van der Waals surface area contributed by atoms with Crippen LogP contribution in [0.3, 0.4) is 0 Å². The maximum absolute atomic E-state index is 13.3. The molecule has 2 aromatic rings. The molecule has 0 saturated carbocycles. The molecule has 2 rings (SSSR count). The minimum absolute atomic E-state index is 0.0696. The second-order valence-corrected chi connectivity index (χ2v) is 7.57. The molecular weight excluding hydrogens is 415 g/mol. The quantitative estimate of drug-likeness (QED) is 0.571. The number of nitrogens with one attached hydrogen (secondary N) is 1. The van der Waals surface area contributed by atoms with Gasteiger partial charge in [0.15, 0.2) is 6.61 Å². The molecule has 0 aromatic heterocycles. The Bertz CT molecular complexity index is 880. The van der Waals surface area contributed by atoms with Crippen molar-refractivity contribution in [1.29, 1.82) is 0 Å². The predicted octanol–water partition coefficient (Wildman–Crippen LogP) is 3.55. The van der Waals surface area contributed by atoms with Crippen molar-refractivity contribution in [2.24, 2.45) is 0 Å². The van der Waals surface area contributed by atoms with Gasteiger partial charge in [-0.1, -0.05) is 19.1 Å². The molecular formula is C24H31FN2O5. The number of benzene rings is 2. The number of ether oxygens (including phenoxy) is 3. The van der Waals surface area contributed by atoms with Crippen LogP contribution >= 0.6 is 0 Å². The van der Waals surface area contributed by atoms with Crippen LogP contribution in [-0.4, -0.2) is 49.6 Å². The molecule has 0 aliphatic carbocycles. The fraction of sp³-hybridized carbons (Fsp3) is 0.417. The molecule has 0 saturated heterocycles. The number of amides is 2. The number of carbonyl (C=O) groups excluding carboxylic acids is 2. The summed E-state index contributed by atoms with van der Waals surface area (Å²) in [6, 6.07) is 10.0. The number of rotatable bonds is 11. The van der Waals surface area contributed by atoms with E-state index < -0.39 is 6.04 Å². The summed E-state index contributed by atoms with van der Waals surface area (Å²) in [5.74, 6) is 0.459. The Hall–Kier alpha value is -3.29. The van der Waals surface area contributed by atoms with Crippen LogP contribution in [0.2, 0.25) is 0 Å². The topological polar surface area (TPSA) is 77.1 Å². The Morgan fingerprint density at radius 2 is 1.56 bits per heavy atom. The average molecular weight is 447 g/mol. The summed E-state index contributed by atoms with van der Waals surface area (Å²) in [6.07, 6.45) is 0.415. The molecule has 0 bridgehead atoms. The first-order chi connectivity index (χ1) is 15.3. The molecule has 0 unspecified atom stereocenters. The van der Waals surface area contributed by atoms with Gasteiger partial charge in [0.2, 0.25) is 5.91 Å². The zero-order valence-corrected chi connectivity index (χ0v) is 19.2. The molecule has 0 radical (unpaired) electrons. The van der Waals surface area contributed by atoms with Gasteiger partial charge in [-0.25, -0.2) is 4.39 Å². The van der Waals surface area contributed by atoms with Gasteiger partial charge in [-0.15, -0.1) is 0 Å². The third-order valence-electron chi connectivity index (χ3n) is 4.77. The van der Waals surface area contributed by atoms with Crippen LogP contribution in [0.4, 0.5) is 4.39 Å². The number of nitrogens with zero attached hydrogens (tertiary/aromatic N) is 1. The van der Waals surface area contributed by atoms with Crippen LogP contribution in [-0.2, 0) is 16.1 Å². The molecule has 2 amide bonds. The largest absolute Gasteiger partial charge is 0.496 e. The van der Waals surface area contributed by atoms with Crippen molar-refractivity contribution in [2.45, 2.75) is 45.8 Å². The highest BCUT2D eigenvalue weighted by Crippen LogP contribution is 2.27. The molecule has 32 heavy (non-hydrogen) atoms. The van der Waals surface area contributed by atoms with Crippen molar-refractivity contribution >= 4 is 11.8 Å². The molecule has 174 valence electrons. The summed E-state index contributed by atoms with van der Waals surface area (Å²) in [6.45, 7) is 5.41. The summed E-state index contributed by atoms with van der Waals surface area (Å²) in [7, 11) is 3.04. The zero-order valence-electron chi connectivity index (χ0n) is 19.2. The van der Waals surface area contributed by atoms with Crippen LogP contribution in [0.15, 0.2) is 42.5 Å². The molecule has 0 spiro atoms. The monoisotopic (exact) mass is 446 g/mol. The molecule has 1 atom stereocenters. The van der Waals surface area contributed by atoms with Crippen LogP contribution < -0.4 is 19.5 Å². The van der Waals surface area contributed by atoms with E-state index in [1.54, 1.807) is 30.3 Å². The minimum atomic E-state index is -0.696. The van der Waals surface area contributed by atoms with E-state index in [0.717, 1.165) is 0 Å². The number of methoxy groups -OCH3 is 2. The molecule has 0 aliphatic heterocycles. The lowest BCUT2D eigenvalue weighted by atomic mass is 10.1. The van der Waals surface area contributed by atoms with E-state index in [1.165, 1.54) is 31.3 Å². The van der Waals surface area contributed by atoms with Crippen molar-refractivity contribution in [3.05, 3.63) is 53.8 Å². The summed E-state index contributed by atoms with van der Waals surface area (Å²) < 4.78 is 29.5. The van der Waals surface area contributed by atoms with E-state index in [1.807, 2.05) is 20.8 Å². The van der Waals surface area contributed by atoms with Gasteiger partial charge in [0, 0.05) is 30.8 Å². The molecule has 8 heteroatoms. The van der Waals surface area contributed by atoms with Gasteiger partial charge < -0.3 is 24.4 Å². The lowest BCUT2D eigenvalue weighted by Crippen LogP contribution is -2.51. The molecule has 0 aliphatic rings. The first-order valence-electron chi connectivity index (χ1n) is 10.5. The summed E-state index contributed by atoms with van der Waals surface area (Å²) in [5, 5.41) is 2.86. The minimum Gasteiger partial charge on any atom is -0.496 e. The van der Waals surface area contributed by atoms with Crippen LogP contribution in [0.5, 0.6) is 17.2 Å². The van der Waals surface area contributed by atoms with Crippen LogP contribution in [0.1, 0.15) is 32.8 Å². The van der Waals surface area contributed by atoms with Crippen molar-refractivity contribution in [3.8, 4) is 17.2 Å². The number of hydrogen-bond acceptors (Lipinski definition) is 5. The van der Waals surface area contributed by atoms with Crippen LogP contribution in [0.25, 0.3) is 0 Å². The summed E-state index contributed by atoms with van der Waals surface area (Å²) in [5.41, 5.74) is 0.707. The van der Waals surface area contributed by atoms with Crippen molar-refractivity contribution in [3.63, 3.8) is 0 Å². The second-order valence-electron chi connectivity index (χ2n) is 7.57. The predicted molar refractivity (Wildman–Crippen MR) is 119 cm³/mol. The zero-order chi connectivity index (χ0) is 23.7. The fourth-order valence-corrected chi connectivity index (χ4v) is 3.18. The molecule has 7 nitrogen and oxygen atoms in total. The van der Waals surface area contributed by atoms with Gasteiger partial charge in [-0.3, -0.25) is 9.59 Å². The highest BCUT2D eigenvalue weighted by Gasteiger charge is 2.29. The van der Waals surface area contributed by atoms with E-state index in [4.69, 9.17) is 14.2 Å². The lowest BCUT2D eigenvalue weighted by Gasteiger charge is -2.31. The third kappa shape index (κ3) is 7.14. The SMILES string of the molecule is CC[C@@H](C(=O)NC(C)C)N(Cc1ccc(F)cc1)C(=O)COc1cc(OC)cc(OC)c1. The van der Waals surface area contributed by atoms with Crippen molar-refractivity contribution < 1.29 is 28.2 Å².